The molecular formula is C29H32F2N2O5S. The molecule has 1 aliphatic heterocycles. The van der Waals surface area contributed by atoms with E-state index in [1.54, 1.807) is 31.2 Å². The average Bonchev–Trinajstić information content (AvgIpc) is 3.48. The largest absolute Gasteiger partial charge is 0.416 e. The molecule has 0 amide bonds. The van der Waals surface area contributed by atoms with Gasteiger partial charge in [-0.3, -0.25) is 4.98 Å². The highest BCUT2D eigenvalue weighted by molar-refractivity contribution is 7.89. The van der Waals surface area contributed by atoms with Gasteiger partial charge >= 0.3 is 5.76 Å². The van der Waals surface area contributed by atoms with Crippen molar-refractivity contribution in [2.24, 2.45) is 5.41 Å². The lowest BCUT2D eigenvalue weighted by atomic mass is 9.51. The Balaban J connectivity index is 1.34. The van der Waals surface area contributed by atoms with Crippen LogP contribution in [0.1, 0.15) is 80.1 Å². The van der Waals surface area contributed by atoms with Crippen LogP contribution in [-0.2, 0) is 22.0 Å². The van der Waals surface area contributed by atoms with Crippen LogP contribution in [-0.4, -0.2) is 34.5 Å². The van der Waals surface area contributed by atoms with Gasteiger partial charge in [-0.15, -0.1) is 0 Å². The van der Waals surface area contributed by atoms with Gasteiger partial charge in [0.2, 0.25) is 10.0 Å². The minimum absolute atomic E-state index is 0.0165. The molecule has 2 N–H and O–H groups in total. The van der Waals surface area contributed by atoms with Crippen molar-refractivity contribution < 1.29 is 26.7 Å². The summed E-state index contributed by atoms with van der Waals surface area (Å²) in [5, 5.41) is 10.5. The van der Waals surface area contributed by atoms with Gasteiger partial charge in [0.05, 0.1) is 11.0 Å². The number of H-pyrrole nitrogens is 1. The van der Waals surface area contributed by atoms with Crippen LogP contribution in [0.2, 0.25) is 0 Å². The van der Waals surface area contributed by atoms with E-state index in [0.29, 0.717) is 18.4 Å². The fourth-order valence-corrected chi connectivity index (χ4v) is 8.83. The van der Waals surface area contributed by atoms with E-state index in [9.17, 15) is 18.3 Å². The highest BCUT2D eigenvalue weighted by Gasteiger charge is 2.68. The second kappa shape index (κ2) is 8.84. The minimum atomic E-state index is -3.83. The van der Waals surface area contributed by atoms with Gasteiger partial charge in [0.15, 0.2) is 0 Å². The number of hydrogen-bond donors (Lipinski definition) is 2. The van der Waals surface area contributed by atoms with Gasteiger partial charge in [-0.05, 0) is 68.6 Å². The molecule has 39 heavy (non-hydrogen) atoms. The predicted octanol–water partition coefficient (Wildman–Crippen LogP) is 4.91. The topological polar surface area (TPSA) is 104 Å². The molecular weight excluding hydrogens is 526 g/mol. The van der Waals surface area contributed by atoms with Crippen LogP contribution in [0.15, 0.2) is 57.9 Å². The normalized spacial score (nSPS) is 31.5. The first-order valence-corrected chi connectivity index (χ1v) is 14.8. The maximum absolute atomic E-state index is 15.8. The Morgan fingerprint density at radius 3 is 2.41 bits per heavy atom. The third-order valence-corrected chi connectivity index (χ3v) is 11.9. The van der Waals surface area contributed by atoms with E-state index in [0.717, 1.165) is 25.0 Å². The minimum Gasteiger partial charge on any atom is -0.412 e. The first-order valence-electron chi connectivity index (χ1n) is 13.3. The summed E-state index contributed by atoms with van der Waals surface area (Å²) >= 11 is 0. The number of rotatable bonds is 6. The fourth-order valence-electron chi connectivity index (χ4n) is 6.64. The zero-order chi connectivity index (χ0) is 27.8. The maximum atomic E-state index is 15.8. The van der Waals surface area contributed by atoms with Crippen molar-refractivity contribution in [3.63, 3.8) is 0 Å². The molecule has 0 unspecified atom stereocenters. The van der Waals surface area contributed by atoms with Crippen molar-refractivity contribution in [3.8, 4) is 0 Å². The monoisotopic (exact) mass is 558 g/mol. The summed E-state index contributed by atoms with van der Waals surface area (Å²) in [5.74, 6) is -2.06. The van der Waals surface area contributed by atoms with E-state index in [4.69, 9.17) is 4.42 Å². The Hall–Kier alpha value is -2.82. The predicted molar refractivity (Wildman–Crippen MR) is 140 cm³/mol. The molecule has 1 saturated heterocycles. The van der Waals surface area contributed by atoms with E-state index in [1.807, 2.05) is 13.0 Å². The summed E-state index contributed by atoms with van der Waals surface area (Å²) in [4.78, 5) is 14.2. The van der Waals surface area contributed by atoms with Gasteiger partial charge in [-0.2, -0.15) is 4.31 Å². The molecule has 2 heterocycles. The molecule has 2 saturated carbocycles. The first-order chi connectivity index (χ1) is 18.4. The number of aliphatic hydroxyl groups is 1. The van der Waals surface area contributed by atoms with Crippen LogP contribution in [0.4, 0.5) is 8.78 Å². The summed E-state index contributed by atoms with van der Waals surface area (Å²) in [6, 6.07) is 10.7. The van der Waals surface area contributed by atoms with Crippen molar-refractivity contribution in [2.45, 2.75) is 81.2 Å². The second-order valence-electron chi connectivity index (χ2n) is 11.9. The number of aromatic amines is 1. The standard InChI is InChI=1S/C29H32F2N2O5S/c1-18-8-9-24(19-6-4-3-5-7-19)39(36,37)33(18)15-20-12-23(31)21(13-22(20)30)28(25-14-32-26(34)38-25)16-29(35,17-28)27(2)10-11-27/h3-7,12-14,18,24,35H,8-11,15-17H2,1-2H3,(H,32,34)/t18-,24+,28-,29-/m0/s1. The van der Waals surface area contributed by atoms with Crippen molar-refractivity contribution in [1.29, 1.82) is 0 Å². The van der Waals surface area contributed by atoms with Crippen LogP contribution in [0, 0.1) is 17.0 Å². The average molecular weight is 559 g/mol. The number of hydrogen-bond acceptors (Lipinski definition) is 5. The Morgan fingerprint density at radius 2 is 1.79 bits per heavy atom. The smallest absolute Gasteiger partial charge is 0.412 e. The molecule has 2 atom stereocenters. The SMILES string of the molecule is C[C@H]1CC[C@H](c2ccccc2)S(=O)(=O)N1Cc1cc(F)c([C@]2(c3c[nH]c(=O)o3)C[C@@](O)(C3(C)CC3)C2)cc1F. The number of halogens is 2. The van der Waals surface area contributed by atoms with Crippen molar-refractivity contribution >= 4 is 10.0 Å². The molecule has 0 bridgehead atoms. The van der Waals surface area contributed by atoms with Crippen LogP contribution in [0.3, 0.4) is 0 Å². The molecule has 3 aromatic rings. The molecule has 6 rings (SSSR count). The number of aromatic nitrogens is 1. The molecule has 3 aliphatic rings. The van der Waals surface area contributed by atoms with Gasteiger partial charge in [-0.25, -0.2) is 22.0 Å². The molecule has 1 aromatic heterocycles. The van der Waals surface area contributed by atoms with E-state index in [2.05, 4.69) is 4.98 Å². The molecule has 208 valence electrons. The van der Waals surface area contributed by atoms with Crippen LogP contribution in [0.25, 0.3) is 0 Å². The molecule has 0 spiro atoms. The molecule has 7 nitrogen and oxygen atoms in total. The summed E-state index contributed by atoms with van der Waals surface area (Å²) in [7, 11) is -3.83. The highest BCUT2D eigenvalue weighted by atomic mass is 32.2. The van der Waals surface area contributed by atoms with Crippen molar-refractivity contribution in [2.75, 3.05) is 0 Å². The Morgan fingerprint density at radius 1 is 1.10 bits per heavy atom. The molecule has 3 fully saturated rings. The summed E-state index contributed by atoms with van der Waals surface area (Å²) in [5.41, 5.74) is -2.03. The van der Waals surface area contributed by atoms with Gasteiger partial charge in [-0.1, -0.05) is 37.3 Å². The Kier molecular flexibility index (Phi) is 5.99. The summed E-state index contributed by atoms with van der Waals surface area (Å²) < 4.78 is 65.3. The first kappa shape index (κ1) is 26.4. The van der Waals surface area contributed by atoms with E-state index in [1.165, 1.54) is 10.5 Å². The number of nitrogens with zero attached hydrogens (tertiary/aromatic N) is 1. The summed E-state index contributed by atoms with van der Waals surface area (Å²) in [6.07, 6.45) is 4.22. The zero-order valence-electron chi connectivity index (χ0n) is 21.9. The number of nitrogens with one attached hydrogen (secondary N) is 1. The van der Waals surface area contributed by atoms with E-state index >= 15 is 8.78 Å². The van der Waals surface area contributed by atoms with Crippen molar-refractivity contribution in [3.05, 3.63) is 93.3 Å². The number of oxazole rings is 1. The number of sulfonamides is 1. The summed E-state index contributed by atoms with van der Waals surface area (Å²) in [6.45, 7) is 3.44. The fraction of sp³-hybridized carbons (Fsp3) is 0.483. The lowest BCUT2D eigenvalue weighted by molar-refractivity contribution is -0.132. The van der Waals surface area contributed by atoms with Gasteiger partial charge in [0, 0.05) is 29.9 Å². The van der Waals surface area contributed by atoms with Gasteiger partial charge in [0.1, 0.15) is 22.6 Å². The van der Waals surface area contributed by atoms with Crippen LogP contribution >= 0.6 is 0 Å². The third kappa shape index (κ3) is 4.10. The Labute approximate surface area is 225 Å². The Bertz CT molecular complexity index is 1570. The van der Waals surface area contributed by atoms with Crippen LogP contribution in [0.5, 0.6) is 0 Å². The van der Waals surface area contributed by atoms with Crippen molar-refractivity contribution in [1.82, 2.24) is 9.29 Å². The highest BCUT2D eigenvalue weighted by Crippen LogP contribution is 2.68. The lowest BCUT2D eigenvalue weighted by Crippen LogP contribution is -2.59. The maximum Gasteiger partial charge on any atom is 0.416 e. The molecule has 0 radical (unpaired) electrons. The van der Waals surface area contributed by atoms with Gasteiger partial charge < -0.3 is 9.52 Å². The number of benzene rings is 2. The van der Waals surface area contributed by atoms with E-state index in [-0.39, 0.29) is 47.7 Å². The zero-order valence-corrected chi connectivity index (χ0v) is 22.7. The molecule has 2 aliphatic carbocycles. The second-order valence-corrected chi connectivity index (χ2v) is 14.0. The lowest BCUT2D eigenvalue weighted by Gasteiger charge is -2.55. The van der Waals surface area contributed by atoms with Gasteiger partial charge in [0.25, 0.3) is 0 Å². The third-order valence-electron chi connectivity index (χ3n) is 9.48. The van der Waals surface area contributed by atoms with Crippen LogP contribution < -0.4 is 5.76 Å². The molecule has 2 aromatic carbocycles. The quantitative estimate of drug-likeness (QED) is 0.447. The molecule has 10 heteroatoms. The van der Waals surface area contributed by atoms with E-state index < -0.39 is 43.7 Å².